The number of nitrogens with one attached hydrogen (secondary N) is 1. The van der Waals surface area contributed by atoms with Crippen molar-refractivity contribution in [2.24, 2.45) is 0 Å². The quantitative estimate of drug-likeness (QED) is 0.566. The molecular formula is C22H27N5O3S. The third-order valence-electron chi connectivity index (χ3n) is 5.54. The van der Waals surface area contributed by atoms with Crippen LogP contribution in [-0.4, -0.2) is 57.6 Å². The van der Waals surface area contributed by atoms with Crippen LogP contribution in [0, 0.1) is 0 Å². The van der Waals surface area contributed by atoms with E-state index in [9.17, 15) is 9.59 Å². The predicted octanol–water partition coefficient (Wildman–Crippen LogP) is 3.35. The van der Waals surface area contributed by atoms with Crippen molar-refractivity contribution in [2.45, 2.75) is 39.0 Å². The number of aromatic nitrogens is 3. The van der Waals surface area contributed by atoms with Crippen molar-refractivity contribution in [1.82, 2.24) is 19.5 Å². The first kappa shape index (κ1) is 21.5. The molecule has 1 aliphatic heterocycles. The van der Waals surface area contributed by atoms with Crippen LogP contribution in [0.2, 0.25) is 0 Å². The molecule has 1 aliphatic rings. The fraction of sp³-hybridized carbons (Fsp3) is 0.455. The van der Waals surface area contributed by atoms with Crippen molar-refractivity contribution in [3.63, 3.8) is 0 Å². The molecule has 9 heteroatoms. The number of rotatable bonds is 7. The van der Waals surface area contributed by atoms with E-state index >= 15 is 0 Å². The second-order valence-electron chi connectivity index (χ2n) is 7.62. The average molecular weight is 442 g/mol. The van der Waals surface area contributed by atoms with E-state index in [1.54, 1.807) is 6.92 Å². The molecular weight excluding hydrogens is 414 g/mol. The van der Waals surface area contributed by atoms with E-state index in [1.165, 1.54) is 11.3 Å². The third-order valence-corrected chi connectivity index (χ3v) is 6.73. The van der Waals surface area contributed by atoms with Gasteiger partial charge in [0.05, 0.1) is 18.7 Å². The molecule has 0 aromatic carbocycles. The zero-order chi connectivity index (χ0) is 21.8. The Morgan fingerprint density at radius 2 is 2.03 bits per heavy atom. The summed E-state index contributed by atoms with van der Waals surface area (Å²) in [6, 6.07) is 7.71. The van der Waals surface area contributed by atoms with Crippen LogP contribution >= 0.6 is 11.3 Å². The van der Waals surface area contributed by atoms with Crippen molar-refractivity contribution in [3.8, 4) is 0 Å². The topological polar surface area (TPSA) is 88.8 Å². The Hall–Kier alpha value is -2.78. The predicted molar refractivity (Wildman–Crippen MR) is 120 cm³/mol. The van der Waals surface area contributed by atoms with Crippen LogP contribution in [0.4, 0.5) is 5.00 Å². The molecule has 1 fully saturated rings. The number of esters is 1. The van der Waals surface area contributed by atoms with E-state index in [4.69, 9.17) is 4.74 Å². The molecule has 0 saturated carbocycles. The molecule has 8 nitrogen and oxygen atoms in total. The van der Waals surface area contributed by atoms with Crippen LogP contribution in [0.5, 0.6) is 0 Å². The van der Waals surface area contributed by atoms with E-state index in [1.807, 2.05) is 41.8 Å². The zero-order valence-electron chi connectivity index (χ0n) is 17.8. The first-order valence-corrected chi connectivity index (χ1v) is 11.5. The molecule has 0 atom stereocenters. The van der Waals surface area contributed by atoms with Gasteiger partial charge in [0.2, 0.25) is 5.91 Å². The summed E-state index contributed by atoms with van der Waals surface area (Å²) in [6.45, 7) is 6.03. The van der Waals surface area contributed by atoms with Crippen molar-refractivity contribution in [3.05, 3.63) is 46.7 Å². The fourth-order valence-electron chi connectivity index (χ4n) is 3.93. The number of carbonyl (C=O) groups excluding carboxylic acids is 2. The van der Waals surface area contributed by atoms with Crippen molar-refractivity contribution in [2.75, 3.05) is 31.6 Å². The summed E-state index contributed by atoms with van der Waals surface area (Å²) < 4.78 is 7.18. The van der Waals surface area contributed by atoms with Gasteiger partial charge in [-0.2, -0.15) is 0 Å². The fourth-order valence-corrected chi connectivity index (χ4v) is 4.93. The minimum absolute atomic E-state index is 0.110. The molecule has 3 aromatic rings. The number of piperidine rings is 1. The molecule has 31 heavy (non-hydrogen) atoms. The maximum absolute atomic E-state index is 12.7. The SMILES string of the molecule is CCOC(=O)c1cc(CC)sc1NC(=O)CN1CCC(c2nnc3ccccn23)CC1. The van der Waals surface area contributed by atoms with Gasteiger partial charge in [-0.05, 0) is 57.5 Å². The van der Waals surface area contributed by atoms with Crippen LogP contribution in [0.15, 0.2) is 30.5 Å². The van der Waals surface area contributed by atoms with Gasteiger partial charge in [0.15, 0.2) is 5.65 Å². The van der Waals surface area contributed by atoms with E-state index in [2.05, 4.69) is 20.4 Å². The third kappa shape index (κ3) is 4.77. The van der Waals surface area contributed by atoms with Gasteiger partial charge >= 0.3 is 5.97 Å². The lowest BCUT2D eigenvalue weighted by molar-refractivity contribution is -0.117. The number of pyridine rings is 1. The Morgan fingerprint density at radius 1 is 1.23 bits per heavy atom. The molecule has 4 heterocycles. The molecule has 3 aromatic heterocycles. The lowest BCUT2D eigenvalue weighted by Gasteiger charge is -2.30. The van der Waals surface area contributed by atoms with Crippen molar-refractivity contribution in [1.29, 1.82) is 0 Å². The van der Waals surface area contributed by atoms with Crippen LogP contribution in [-0.2, 0) is 16.0 Å². The molecule has 4 rings (SSSR count). The van der Waals surface area contributed by atoms with Gasteiger partial charge in [0, 0.05) is 17.0 Å². The van der Waals surface area contributed by atoms with Gasteiger partial charge in [0.25, 0.3) is 0 Å². The van der Waals surface area contributed by atoms with Gasteiger partial charge in [-0.3, -0.25) is 14.1 Å². The molecule has 0 unspecified atom stereocenters. The molecule has 0 aliphatic carbocycles. The first-order chi connectivity index (χ1) is 15.1. The summed E-state index contributed by atoms with van der Waals surface area (Å²) >= 11 is 1.43. The number of hydrogen-bond donors (Lipinski definition) is 1. The number of amides is 1. The number of ether oxygens (including phenoxy) is 1. The maximum atomic E-state index is 12.7. The highest BCUT2D eigenvalue weighted by atomic mass is 32.1. The van der Waals surface area contributed by atoms with E-state index < -0.39 is 5.97 Å². The van der Waals surface area contributed by atoms with Crippen LogP contribution in [0.1, 0.15) is 53.7 Å². The van der Waals surface area contributed by atoms with Gasteiger partial charge < -0.3 is 10.1 Å². The van der Waals surface area contributed by atoms with E-state index in [0.717, 1.165) is 48.7 Å². The normalized spacial score (nSPS) is 15.3. The smallest absolute Gasteiger partial charge is 0.341 e. The second-order valence-corrected chi connectivity index (χ2v) is 8.75. The first-order valence-electron chi connectivity index (χ1n) is 10.7. The summed E-state index contributed by atoms with van der Waals surface area (Å²) in [5, 5.41) is 12.1. The highest BCUT2D eigenvalue weighted by Gasteiger charge is 2.26. The Labute approximate surface area is 185 Å². The number of carbonyl (C=O) groups is 2. The molecule has 0 bridgehead atoms. The number of likely N-dealkylation sites (tertiary alicyclic amines) is 1. The summed E-state index contributed by atoms with van der Waals surface area (Å²) in [5.74, 6) is 0.817. The van der Waals surface area contributed by atoms with Gasteiger partial charge in [-0.25, -0.2) is 4.79 Å². The lowest BCUT2D eigenvalue weighted by Crippen LogP contribution is -2.39. The minimum Gasteiger partial charge on any atom is -0.462 e. The lowest BCUT2D eigenvalue weighted by atomic mass is 9.96. The minimum atomic E-state index is -0.393. The number of hydrogen-bond acceptors (Lipinski definition) is 7. The summed E-state index contributed by atoms with van der Waals surface area (Å²) in [6.07, 6.45) is 4.65. The Bertz CT molecular complexity index is 1070. The highest BCUT2D eigenvalue weighted by Crippen LogP contribution is 2.30. The largest absolute Gasteiger partial charge is 0.462 e. The molecule has 1 saturated heterocycles. The number of fused-ring (bicyclic) bond motifs is 1. The van der Waals surface area contributed by atoms with Crippen molar-refractivity contribution < 1.29 is 14.3 Å². The van der Waals surface area contributed by atoms with E-state index in [-0.39, 0.29) is 5.91 Å². The highest BCUT2D eigenvalue weighted by molar-refractivity contribution is 7.16. The molecule has 0 spiro atoms. The summed E-state index contributed by atoms with van der Waals surface area (Å²) in [4.78, 5) is 28.1. The zero-order valence-corrected chi connectivity index (χ0v) is 18.7. The average Bonchev–Trinajstić information content (AvgIpc) is 3.38. The number of aryl methyl sites for hydroxylation is 1. The number of anilines is 1. The molecule has 164 valence electrons. The Morgan fingerprint density at radius 3 is 2.77 bits per heavy atom. The van der Waals surface area contributed by atoms with Crippen LogP contribution in [0.25, 0.3) is 5.65 Å². The van der Waals surface area contributed by atoms with E-state index in [0.29, 0.717) is 29.6 Å². The standard InChI is InChI=1S/C22H27N5O3S/c1-3-16-13-17(22(29)30-4-2)21(31-16)23-19(28)14-26-11-8-15(9-12-26)20-25-24-18-7-5-6-10-27(18)20/h5-7,10,13,15H,3-4,8-9,11-12,14H2,1-2H3,(H,23,28). The Kier molecular flexibility index (Phi) is 6.62. The van der Waals surface area contributed by atoms with Gasteiger partial charge in [-0.15, -0.1) is 21.5 Å². The number of thiophene rings is 1. The Balaban J connectivity index is 1.34. The molecule has 1 N–H and O–H groups in total. The van der Waals surface area contributed by atoms with Crippen LogP contribution < -0.4 is 5.32 Å². The molecule has 0 radical (unpaired) electrons. The number of nitrogens with zero attached hydrogens (tertiary/aromatic N) is 4. The van der Waals surface area contributed by atoms with Gasteiger partial charge in [0.1, 0.15) is 10.8 Å². The molecule has 1 amide bonds. The summed E-state index contributed by atoms with van der Waals surface area (Å²) in [5.41, 5.74) is 1.30. The van der Waals surface area contributed by atoms with Crippen molar-refractivity contribution >= 4 is 33.9 Å². The summed E-state index contributed by atoms with van der Waals surface area (Å²) in [7, 11) is 0. The van der Waals surface area contributed by atoms with Crippen LogP contribution in [0.3, 0.4) is 0 Å². The monoisotopic (exact) mass is 441 g/mol. The second kappa shape index (κ2) is 9.57. The maximum Gasteiger partial charge on any atom is 0.341 e. The van der Waals surface area contributed by atoms with Gasteiger partial charge in [-0.1, -0.05) is 13.0 Å².